The molecule has 2 heterocycles. The number of ether oxygens (including phenoxy) is 2. The number of esters is 1. The number of ketones is 1. The van der Waals surface area contributed by atoms with Crippen molar-refractivity contribution in [3.8, 4) is 5.75 Å². The van der Waals surface area contributed by atoms with Gasteiger partial charge in [0.25, 0.3) is 5.56 Å². The highest BCUT2D eigenvalue weighted by molar-refractivity contribution is 5.95. The average Bonchev–Trinajstić information content (AvgIpc) is 3.20. The van der Waals surface area contributed by atoms with Gasteiger partial charge in [-0.1, -0.05) is 0 Å². The molecule has 2 aromatic carbocycles. The van der Waals surface area contributed by atoms with Crippen LogP contribution >= 0.6 is 0 Å². The van der Waals surface area contributed by atoms with E-state index in [1.165, 1.54) is 14.0 Å². The van der Waals surface area contributed by atoms with Crippen molar-refractivity contribution in [2.24, 2.45) is 0 Å². The summed E-state index contributed by atoms with van der Waals surface area (Å²) in [4.78, 5) is 41.2. The van der Waals surface area contributed by atoms with Gasteiger partial charge in [-0.05, 0) is 49.7 Å². The third-order valence-electron chi connectivity index (χ3n) is 5.10. The maximum atomic E-state index is 12.6. The van der Waals surface area contributed by atoms with Crippen molar-refractivity contribution >= 4 is 22.7 Å². The van der Waals surface area contributed by atoms with E-state index < -0.39 is 5.97 Å². The zero-order chi connectivity index (χ0) is 20.5. The van der Waals surface area contributed by atoms with Crippen LogP contribution in [-0.2, 0) is 24.3 Å². The van der Waals surface area contributed by atoms with E-state index >= 15 is 0 Å². The molecule has 7 nitrogen and oxygen atoms in total. The molecule has 1 aliphatic heterocycles. The zero-order valence-corrected chi connectivity index (χ0v) is 16.2. The summed E-state index contributed by atoms with van der Waals surface area (Å²) in [7, 11) is 1.51. The molecule has 29 heavy (non-hydrogen) atoms. The Bertz CT molecular complexity index is 1200. The lowest BCUT2D eigenvalue weighted by Crippen LogP contribution is -2.21. The number of benzene rings is 2. The average molecular weight is 392 g/mol. The smallest absolute Gasteiger partial charge is 0.338 e. The number of carbonyl (C=O) groups excluding carboxylic acids is 2. The Balaban J connectivity index is 1.59. The number of hydrogen-bond donors (Lipinski definition) is 0. The van der Waals surface area contributed by atoms with Gasteiger partial charge in [0.15, 0.2) is 5.78 Å². The highest BCUT2D eigenvalue weighted by atomic mass is 16.5. The van der Waals surface area contributed by atoms with E-state index in [1.807, 2.05) is 0 Å². The van der Waals surface area contributed by atoms with E-state index in [9.17, 15) is 14.4 Å². The van der Waals surface area contributed by atoms with Gasteiger partial charge in [0, 0.05) is 24.1 Å². The quantitative estimate of drug-likeness (QED) is 0.490. The summed E-state index contributed by atoms with van der Waals surface area (Å²) in [6.45, 7) is 2.11. The second kappa shape index (κ2) is 7.50. The molecule has 0 unspecified atom stereocenters. The molecular formula is C22H20N2O5. The summed E-state index contributed by atoms with van der Waals surface area (Å²) in [6, 6.07) is 9.76. The molecule has 1 aromatic heterocycles. The number of hydrogen-bond acceptors (Lipinski definition) is 6. The molecule has 0 aliphatic carbocycles. The Morgan fingerprint density at radius 1 is 1.14 bits per heavy atom. The number of methoxy groups -OCH3 is 1. The molecule has 0 saturated carbocycles. The summed E-state index contributed by atoms with van der Waals surface area (Å²) in [5, 5.41) is 0.489. The number of aryl methyl sites for hydroxylation is 1. The van der Waals surface area contributed by atoms with E-state index in [-0.39, 0.29) is 17.9 Å². The van der Waals surface area contributed by atoms with Crippen molar-refractivity contribution in [1.29, 1.82) is 0 Å². The van der Waals surface area contributed by atoms with E-state index in [0.717, 1.165) is 18.7 Å². The van der Waals surface area contributed by atoms with Crippen LogP contribution in [0.2, 0.25) is 0 Å². The number of fused-ring (bicyclic) bond motifs is 2. The lowest BCUT2D eigenvalue weighted by molar-refractivity contribution is 0.0470. The molecule has 0 fully saturated rings. The Kier molecular flexibility index (Phi) is 4.88. The van der Waals surface area contributed by atoms with Crippen LogP contribution in [0.25, 0.3) is 10.9 Å². The van der Waals surface area contributed by atoms with Crippen molar-refractivity contribution in [3.63, 3.8) is 0 Å². The molecule has 3 aromatic rings. The topological polar surface area (TPSA) is 87.5 Å². The first-order valence-corrected chi connectivity index (χ1v) is 9.36. The minimum Gasteiger partial charge on any atom is -0.496 e. The summed E-state index contributed by atoms with van der Waals surface area (Å²) in [6.07, 6.45) is 1.65. The molecule has 0 amide bonds. The monoisotopic (exact) mass is 392 g/mol. The van der Waals surface area contributed by atoms with Crippen molar-refractivity contribution in [1.82, 2.24) is 9.55 Å². The summed E-state index contributed by atoms with van der Waals surface area (Å²) >= 11 is 0. The lowest BCUT2D eigenvalue weighted by atomic mass is 10.1. The molecule has 0 bridgehead atoms. The van der Waals surface area contributed by atoms with Crippen LogP contribution in [0.3, 0.4) is 0 Å². The molecule has 1 aliphatic rings. The molecule has 0 radical (unpaired) electrons. The van der Waals surface area contributed by atoms with Gasteiger partial charge < -0.3 is 9.47 Å². The number of carbonyl (C=O) groups is 2. The van der Waals surface area contributed by atoms with Gasteiger partial charge in [-0.2, -0.15) is 0 Å². The van der Waals surface area contributed by atoms with E-state index in [4.69, 9.17) is 9.47 Å². The molecule has 0 spiro atoms. The van der Waals surface area contributed by atoms with Crippen LogP contribution in [0.5, 0.6) is 5.75 Å². The molecule has 0 atom stereocenters. The van der Waals surface area contributed by atoms with Gasteiger partial charge in [0.2, 0.25) is 0 Å². The Morgan fingerprint density at radius 2 is 1.93 bits per heavy atom. The second-order valence-electron chi connectivity index (χ2n) is 6.98. The predicted octanol–water partition coefficient (Wildman–Crippen LogP) is 2.91. The number of Topliss-reactive ketones (excluding diaryl/α,β-unsaturated/α-hetero) is 1. The van der Waals surface area contributed by atoms with Crippen molar-refractivity contribution < 1.29 is 19.1 Å². The first-order valence-electron chi connectivity index (χ1n) is 9.36. The standard InChI is InChI=1S/C22H20N2O5/c1-13(25)14-6-8-19(28-2)16(10-14)12-29-22(27)15-5-7-17-18(11-15)23-20-4-3-9-24(20)21(17)26/h5-8,10-11H,3-4,9,12H2,1-2H3. The molecule has 7 heteroatoms. The molecule has 0 N–H and O–H groups in total. The third kappa shape index (κ3) is 3.51. The zero-order valence-electron chi connectivity index (χ0n) is 16.2. The highest BCUT2D eigenvalue weighted by Gasteiger charge is 2.18. The lowest BCUT2D eigenvalue weighted by Gasteiger charge is -2.11. The Hall–Kier alpha value is -3.48. The fourth-order valence-electron chi connectivity index (χ4n) is 3.55. The first kappa shape index (κ1) is 18.9. The van der Waals surface area contributed by atoms with E-state index in [1.54, 1.807) is 41.0 Å². The van der Waals surface area contributed by atoms with Crippen LogP contribution in [-0.4, -0.2) is 28.4 Å². The third-order valence-corrected chi connectivity index (χ3v) is 5.10. The van der Waals surface area contributed by atoms with Crippen LogP contribution in [0.4, 0.5) is 0 Å². The minimum absolute atomic E-state index is 0.0402. The van der Waals surface area contributed by atoms with Crippen LogP contribution in [0.1, 0.15) is 45.4 Å². The van der Waals surface area contributed by atoms with E-state index in [0.29, 0.717) is 39.9 Å². The van der Waals surface area contributed by atoms with Crippen molar-refractivity contribution in [2.75, 3.05) is 7.11 Å². The maximum Gasteiger partial charge on any atom is 0.338 e. The molecule has 148 valence electrons. The van der Waals surface area contributed by atoms with Gasteiger partial charge in [0.05, 0.1) is 23.6 Å². The summed E-state index contributed by atoms with van der Waals surface area (Å²) in [5.41, 5.74) is 1.85. The summed E-state index contributed by atoms with van der Waals surface area (Å²) < 4.78 is 12.4. The number of rotatable bonds is 5. The predicted molar refractivity (Wildman–Crippen MR) is 106 cm³/mol. The van der Waals surface area contributed by atoms with Gasteiger partial charge >= 0.3 is 5.97 Å². The van der Waals surface area contributed by atoms with Crippen LogP contribution in [0.15, 0.2) is 41.2 Å². The largest absolute Gasteiger partial charge is 0.496 e. The SMILES string of the molecule is COc1ccc(C(C)=O)cc1COC(=O)c1ccc2c(=O)n3c(nc2c1)CCC3. The molecule has 0 saturated heterocycles. The Labute approximate surface area is 166 Å². The second-order valence-corrected chi connectivity index (χ2v) is 6.98. The fraction of sp³-hybridized carbons (Fsp3) is 0.273. The minimum atomic E-state index is -0.537. The normalized spacial score (nSPS) is 12.6. The van der Waals surface area contributed by atoms with Crippen molar-refractivity contribution in [2.45, 2.75) is 32.9 Å². The van der Waals surface area contributed by atoms with Crippen LogP contribution in [0, 0.1) is 0 Å². The molecular weight excluding hydrogens is 372 g/mol. The number of nitrogens with zero attached hydrogens (tertiary/aromatic N) is 2. The highest BCUT2D eigenvalue weighted by Crippen LogP contribution is 2.22. The van der Waals surface area contributed by atoms with Gasteiger partial charge in [-0.15, -0.1) is 0 Å². The maximum absolute atomic E-state index is 12.6. The Morgan fingerprint density at radius 3 is 2.69 bits per heavy atom. The van der Waals surface area contributed by atoms with Gasteiger partial charge in [-0.3, -0.25) is 14.2 Å². The van der Waals surface area contributed by atoms with Gasteiger partial charge in [-0.25, -0.2) is 9.78 Å². The fourth-order valence-corrected chi connectivity index (χ4v) is 3.55. The summed E-state index contributed by atoms with van der Waals surface area (Å²) in [5.74, 6) is 0.662. The van der Waals surface area contributed by atoms with Crippen molar-refractivity contribution in [3.05, 3.63) is 69.3 Å². The first-order chi connectivity index (χ1) is 14.0. The van der Waals surface area contributed by atoms with Crippen LogP contribution < -0.4 is 10.3 Å². The van der Waals surface area contributed by atoms with Gasteiger partial charge in [0.1, 0.15) is 18.2 Å². The van der Waals surface area contributed by atoms with E-state index in [2.05, 4.69) is 4.98 Å². The molecule has 4 rings (SSSR count). The number of aromatic nitrogens is 2.